The first-order valence-corrected chi connectivity index (χ1v) is 6.94. The molecule has 2 aromatic rings. The zero-order valence-electron chi connectivity index (χ0n) is 9.19. The van der Waals surface area contributed by atoms with Gasteiger partial charge in [0.25, 0.3) is 0 Å². The summed E-state index contributed by atoms with van der Waals surface area (Å²) in [7, 11) is 0. The summed E-state index contributed by atoms with van der Waals surface area (Å²) in [5.74, 6) is -0.0631. The SMILES string of the molecule is CCc1nc(C(=O)c2csc(CC)n2)cs1. The maximum absolute atomic E-state index is 12.0. The van der Waals surface area contributed by atoms with E-state index in [0.717, 1.165) is 22.9 Å². The van der Waals surface area contributed by atoms with Crippen LogP contribution in [0.5, 0.6) is 0 Å². The van der Waals surface area contributed by atoms with Crippen LogP contribution in [0.2, 0.25) is 0 Å². The molecule has 0 aromatic carbocycles. The van der Waals surface area contributed by atoms with Crippen molar-refractivity contribution in [2.75, 3.05) is 0 Å². The van der Waals surface area contributed by atoms with Crippen LogP contribution in [0.4, 0.5) is 0 Å². The number of nitrogens with zero attached hydrogens (tertiary/aromatic N) is 2. The highest BCUT2D eigenvalue weighted by molar-refractivity contribution is 7.10. The average Bonchev–Trinajstić information content (AvgIpc) is 2.97. The third-order valence-electron chi connectivity index (χ3n) is 2.17. The van der Waals surface area contributed by atoms with Gasteiger partial charge in [0.1, 0.15) is 11.4 Å². The minimum atomic E-state index is -0.0631. The largest absolute Gasteiger partial charge is 0.285 e. The van der Waals surface area contributed by atoms with Crippen molar-refractivity contribution in [1.29, 1.82) is 0 Å². The minimum absolute atomic E-state index is 0.0631. The van der Waals surface area contributed by atoms with Gasteiger partial charge >= 0.3 is 0 Å². The van der Waals surface area contributed by atoms with Crippen LogP contribution in [0.15, 0.2) is 10.8 Å². The van der Waals surface area contributed by atoms with E-state index in [-0.39, 0.29) is 5.78 Å². The summed E-state index contributed by atoms with van der Waals surface area (Å²) < 4.78 is 0. The Labute approximate surface area is 102 Å². The number of hydrogen-bond acceptors (Lipinski definition) is 5. The molecule has 0 spiro atoms. The second-order valence-corrected chi connectivity index (χ2v) is 5.17. The van der Waals surface area contributed by atoms with E-state index in [9.17, 15) is 4.79 Å². The molecule has 0 bridgehead atoms. The molecule has 16 heavy (non-hydrogen) atoms. The number of thiazole rings is 2. The molecule has 0 radical (unpaired) electrons. The monoisotopic (exact) mass is 252 g/mol. The maximum atomic E-state index is 12.0. The Morgan fingerprint density at radius 2 is 1.50 bits per heavy atom. The number of ketones is 1. The number of aromatic nitrogens is 2. The lowest BCUT2D eigenvalue weighted by Gasteiger charge is -1.90. The van der Waals surface area contributed by atoms with Crippen molar-refractivity contribution >= 4 is 28.5 Å². The summed E-state index contributed by atoms with van der Waals surface area (Å²) in [5.41, 5.74) is 1.05. The fourth-order valence-electron chi connectivity index (χ4n) is 1.29. The van der Waals surface area contributed by atoms with Crippen LogP contribution in [-0.4, -0.2) is 15.8 Å². The molecule has 0 aliphatic rings. The number of hydrogen-bond donors (Lipinski definition) is 0. The van der Waals surface area contributed by atoms with Gasteiger partial charge in [-0.15, -0.1) is 22.7 Å². The Morgan fingerprint density at radius 3 is 1.81 bits per heavy atom. The molecule has 5 heteroatoms. The predicted molar refractivity (Wildman–Crippen MR) is 66.4 cm³/mol. The van der Waals surface area contributed by atoms with Gasteiger partial charge in [0.15, 0.2) is 0 Å². The van der Waals surface area contributed by atoms with Crippen molar-refractivity contribution in [2.24, 2.45) is 0 Å². The third kappa shape index (κ3) is 2.20. The van der Waals surface area contributed by atoms with Gasteiger partial charge in [-0.25, -0.2) is 9.97 Å². The Bertz CT molecular complexity index is 457. The van der Waals surface area contributed by atoms with Crippen LogP contribution in [0, 0.1) is 0 Å². The maximum Gasteiger partial charge on any atom is 0.231 e. The highest BCUT2D eigenvalue weighted by atomic mass is 32.1. The van der Waals surface area contributed by atoms with Gasteiger partial charge in [-0.3, -0.25) is 4.79 Å². The van der Waals surface area contributed by atoms with Crippen molar-refractivity contribution in [3.8, 4) is 0 Å². The molecular formula is C11H12N2OS2. The summed E-state index contributed by atoms with van der Waals surface area (Å²) >= 11 is 3.06. The fraction of sp³-hybridized carbons (Fsp3) is 0.364. The molecule has 0 saturated heterocycles. The highest BCUT2D eigenvalue weighted by Gasteiger charge is 2.15. The lowest BCUT2D eigenvalue weighted by molar-refractivity contribution is 0.103. The van der Waals surface area contributed by atoms with E-state index in [4.69, 9.17) is 0 Å². The average molecular weight is 252 g/mol. The van der Waals surface area contributed by atoms with Crippen LogP contribution in [-0.2, 0) is 12.8 Å². The lowest BCUT2D eigenvalue weighted by atomic mass is 10.2. The number of carbonyl (C=O) groups is 1. The topological polar surface area (TPSA) is 42.9 Å². The molecule has 0 atom stereocenters. The second kappa shape index (κ2) is 4.84. The Balaban J connectivity index is 2.24. The molecule has 2 aromatic heterocycles. The van der Waals surface area contributed by atoms with E-state index >= 15 is 0 Å². The van der Waals surface area contributed by atoms with Gasteiger partial charge < -0.3 is 0 Å². The van der Waals surface area contributed by atoms with E-state index in [1.54, 1.807) is 0 Å². The van der Waals surface area contributed by atoms with Gasteiger partial charge in [-0.1, -0.05) is 13.8 Å². The number of aryl methyl sites for hydroxylation is 2. The van der Waals surface area contributed by atoms with Crippen molar-refractivity contribution in [3.05, 3.63) is 32.2 Å². The smallest absolute Gasteiger partial charge is 0.231 e. The zero-order chi connectivity index (χ0) is 11.5. The third-order valence-corrected chi connectivity index (χ3v) is 4.16. The van der Waals surface area contributed by atoms with Gasteiger partial charge in [-0.05, 0) is 12.8 Å². The van der Waals surface area contributed by atoms with Crippen molar-refractivity contribution in [1.82, 2.24) is 9.97 Å². The van der Waals surface area contributed by atoms with E-state index < -0.39 is 0 Å². The molecule has 0 aliphatic carbocycles. The molecule has 0 amide bonds. The van der Waals surface area contributed by atoms with Gasteiger partial charge in [-0.2, -0.15) is 0 Å². The molecule has 0 unspecified atom stereocenters. The molecule has 2 rings (SSSR count). The Hall–Kier alpha value is -1.07. The Kier molecular flexibility index (Phi) is 3.46. The van der Waals surface area contributed by atoms with Crippen LogP contribution in [0.1, 0.15) is 40.0 Å². The molecule has 3 nitrogen and oxygen atoms in total. The molecule has 0 N–H and O–H groups in total. The summed E-state index contributed by atoms with van der Waals surface area (Å²) in [6.07, 6.45) is 1.74. The molecule has 0 saturated carbocycles. The molecule has 2 heterocycles. The van der Waals surface area contributed by atoms with Crippen molar-refractivity contribution in [3.63, 3.8) is 0 Å². The normalized spacial score (nSPS) is 10.6. The molecule has 0 aliphatic heterocycles. The van der Waals surface area contributed by atoms with E-state index in [2.05, 4.69) is 9.97 Å². The second-order valence-electron chi connectivity index (χ2n) is 3.29. The standard InChI is InChI=1S/C11H12N2OS2/c1-3-9-12-7(5-15-9)11(14)8-6-16-10(4-2)13-8/h5-6H,3-4H2,1-2H3. The predicted octanol–water partition coefficient (Wildman–Crippen LogP) is 2.96. The number of carbonyl (C=O) groups excluding carboxylic acids is 1. The van der Waals surface area contributed by atoms with Gasteiger partial charge in [0.05, 0.1) is 10.0 Å². The fourth-order valence-corrected chi connectivity index (χ4v) is 2.74. The lowest BCUT2D eigenvalue weighted by Crippen LogP contribution is -2.02. The van der Waals surface area contributed by atoms with Crippen LogP contribution in [0.25, 0.3) is 0 Å². The van der Waals surface area contributed by atoms with E-state index in [1.165, 1.54) is 22.7 Å². The molecular weight excluding hydrogens is 240 g/mol. The molecule has 84 valence electrons. The highest BCUT2D eigenvalue weighted by Crippen LogP contribution is 2.16. The first kappa shape index (κ1) is 11.4. The zero-order valence-corrected chi connectivity index (χ0v) is 10.8. The number of rotatable bonds is 4. The van der Waals surface area contributed by atoms with Gasteiger partial charge in [0, 0.05) is 10.8 Å². The first-order valence-electron chi connectivity index (χ1n) is 5.18. The van der Waals surface area contributed by atoms with Crippen LogP contribution >= 0.6 is 22.7 Å². The summed E-state index contributed by atoms with van der Waals surface area (Å²) in [6, 6.07) is 0. The van der Waals surface area contributed by atoms with Crippen molar-refractivity contribution in [2.45, 2.75) is 26.7 Å². The van der Waals surface area contributed by atoms with Crippen molar-refractivity contribution < 1.29 is 4.79 Å². The first-order chi connectivity index (χ1) is 7.74. The summed E-state index contributed by atoms with van der Waals surface area (Å²) in [5, 5.41) is 5.61. The van der Waals surface area contributed by atoms with Crippen LogP contribution < -0.4 is 0 Å². The quantitative estimate of drug-likeness (QED) is 0.786. The Morgan fingerprint density at radius 1 is 1.06 bits per heavy atom. The van der Waals surface area contributed by atoms with Crippen LogP contribution in [0.3, 0.4) is 0 Å². The van der Waals surface area contributed by atoms with E-state index in [1.807, 2.05) is 24.6 Å². The van der Waals surface area contributed by atoms with E-state index in [0.29, 0.717) is 11.4 Å². The molecule has 0 fully saturated rings. The minimum Gasteiger partial charge on any atom is -0.285 e. The van der Waals surface area contributed by atoms with Gasteiger partial charge in [0.2, 0.25) is 5.78 Å². The summed E-state index contributed by atoms with van der Waals surface area (Å²) in [6.45, 7) is 4.07. The summed E-state index contributed by atoms with van der Waals surface area (Å²) in [4.78, 5) is 20.5.